The maximum Gasteiger partial charge on any atom is 0.152 e. The molecule has 1 aromatic carbocycles. The van der Waals surface area contributed by atoms with Crippen molar-refractivity contribution in [1.82, 2.24) is 4.98 Å². The predicted octanol–water partition coefficient (Wildman–Crippen LogP) is 4.79. The van der Waals surface area contributed by atoms with Gasteiger partial charge in [-0.3, -0.25) is 0 Å². The number of aryl methyl sites for hydroxylation is 3. The van der Waals surface area contributed by atoms with Gasteiger partial charge in [-0.1, -0.05) is 41.4 Å². The van der Waals surface area contributed by atoms with Crippen LogP contribution in [0.3, 0.4) is 0 Å². The van der Waals surface area contributed by atoms with Crippen molar-refractivity contribution in [3.05, 3.63) is 58.4 Å². The third-order valence-electron chi connectivity index (χ3n) is 3.33. The Bertz CT molecular complexity index is 581. The van der Waals surface area contributed by atoms with Crippen molar-refractivity contribution in [2.24, 2.45) is 0 Å². The molecule has 0 saturated heterocycles. The molecule has 0 spiro atoms. The number of nitrogens with zero attached hydrogens (tertiary/aromatic N) is 1. The minimum absolute atomic E-state index is 0.358. The summed E-state index contributed by atoms with van der Waals surface area (Å²) in [6.07, 6.45) is 3.91. The molecule has 1 unspecified atom stereocenters. The highest BCUT2D eigenvalue weighted by molar-refractivity contribution is 6.31. The summed E-state index contributed by atoms with van der Waals surface area (Å²) < 4.78 is 0. The molecular formula is C17H21ClN2. The summed E-state index contributed by atoms with van der Waals surface area (Å²) in [5, 5.41) is 3.98. The summed E-state index contributed by atoms with van der Waals surface area (Å²) in [5.74, 6) is 0. The summed E-state index contributed by atoms with van der Waals surface area (Å²) in [7, 11) is 0. The second-order valence-electron chi connectivity index (χ2n) is 5.42. The summed E-state index contributed by atoms with van der Waals surface area (Å²) >= 11 is 6.10. The minimum atomic E-state index is 0.358. The first-order valence-corrected chi connectivity index (χ1v) is 7.36. The smallest absolute Gasteiger partial charge is 0.152 e. The van der Waals surface area contributed by atoms with Gasteiger partial charge in [0.15, 0.2) is 5.15 Å². The van der Waals surface area contributed by atoms with Crippen LogP contribution in [0, 0.1) is 13.8 Å². The van der Waals surface area contributed by atoms with Gasteiger partial charge in [-0.05, 0) is 50.8 Å². The quantitative estimate of drug-likeness (QED) is 0.801. The van der Waals surface area contributed by atoms with E-state index in [0.29, 0.717) is 11.2 Å². The number of halogens is 1. The van der Waals surface area contributed by atoms with Crippen molar-refractivity contribution in [2.45, 2.75) is 39.7 Å². The van der Waals surface area contributed by atoms with Gasteiger partial charge in [0, 0.05) is 12.2 Å². The first-order valence-electron chi connectivity index (χ1n) is 6.99. The zero-order chi connectivity index (χ0) is 14.5. The van der Waals surface area contributed by atoms with Gasteiger partial charge in [-0.2, -0.15) is 0 Å². The Balaban J connectivity index is 1.92. The van der Waals surface area contributed by atoms with E-state index in [4.69, 9.17) is 11.6 Å². The van der Waals surface area contributed by atoms with Crippen LogP contribution in [0.5, 0.6) is 0 Å². The largest absolute Gasteiger partial charge is 0.380 e. The predicted molar refractivity (Wildman–Crippen MR) is 86.6 cm³/mol. The number of anilines is 1. The van der Waals surface area contributed by atoms with E-state index >= 15 is 0 Å². The van der Waals surface area contributed by atoms with Gasteiger partial charge in [0.25, 0.3) is 0 Å². The molecule has 1 N–H and O–H groups in total. The van der Waals surface area contributed by atoms with Gasteiger partial charge in [0.05, 0.1) is 5.69 Å². The van der Waals surface area contributed by atoms with Crippen molar-refractivity contribution in [1.29, 1.82) is 0 Å². The third kappa shape index (κ3) is 4.24. The number of rotatable bonds is 5. The highest BCUT2D eigenvalue weighted by Gasteiger charge is 2.07. The topological polar surface area (TPSA) is 24.9 Å². The van der Waals surface area contributed by atoms with E-state index < -0.39 is 0 Å². The lowest BCUT2D eigenvalue weighted by atomic mass is 10.0. The van der Waals surface area contributed by atoms with Gasteiger partial charge in [-0.25, -0.2) is 4.98 Å². The van der Waals surface area contributed by atoms with Crippen LogP contribution < -0.4 is 5.32 Å². The molecule has 2 nitrogen and oxygen atoms in total. The number of hydrogen-bond donors (Lipinski definition) is 1. The zero-order valence-corrected chi connectivity index (χ0v) is 13.0. The van der Waals surface area contributed by atoms with Crippen LogP contribution in [-0.4, -0.2) is 11.0 Å². The van der Waals surface area contributed by atoms with Crippen molar-refractivity contribution in [2.75, 3.05) is 5.32 Å². The standard InChI is InChI=1S/C17H21ClN2/c1-12-5-4-6-15(9-12)8-7-14(3)20-16-10-13(2)11-19-17(16)18/h4-6,9-11,14,20H,7-8H2,1-3H3. The molecule has 0 bridgehead atoms. The van der Waals surface area contributed by atoms with E-state index in [-0.39, 0.29) is 0 Å². The second kappa shape index (κ2) is 6.76. The number of aromatic nitrogens is 1. The fraction of sp³-hybridized carbons (Fsp3) is 0.353. The molecule has 106 valence electrons. The Morgan fingerprint density at radius 3 is 2.75 bits per heavy atom. The van der Waals surface area contributed by atoms with Gasteiger partial charge in [0.2, 0.25) is 0 Å². The summed E-state index contributed by atoms with van der Waals surface area (Å²) in [4.78, 5) is 4.16. The molecule has 0 aliphatic heterocycles. The molecular weight excluding hydrogens is 268 g/mol. The molecule has 1 heterocycles. The molecule has 1 atom stereocenters. The van der Waals surface area contributed by atoms with Crippen LogP contribution in [0.15, 0.2) is 36.5 Å². The highest BCUT2D eigenvalue weighted by Crippen LogP contribution is 2.21. The van der Waals surface area contributed by atoms with Crippen LogP contribution in [0.2, 0.25) is 5.15 Å². The molecule has 0 radical (unpaired) electrons. The maximum absolute atomic E-state index is 6.10. The molecule has 20 heavy (non-hydrogen) atoms. The molecule has 2 rings (SSSR count). The van der Waals surface area contributed by atoms with Gasteiger partial charge < -0.3 is 5.32 Å². The van der Waals surface area contributed by atoms with Crippen molar-refractivity contribution >= 4 is 17.3 Å². The summed E-state index contributed by atoms with van der Waals surface area (Å²) in [6, 6.07) is 11.1. The van der Waals surface area contributed by atoms with Crippen molar-refractivity contribution in [3.63, 3.8) is 0 Å². The number of nitrogens with one attached hydrogen (secondary N) is 1. The molecule has 2 aromatic rings. The molecule has 0 amide bonds. The fourth-order valence-electron chi connectivity index (χ4n) is 2.24. The second-order valence-corrected chi connectivity index (χ2v) is 5.78. The lowest BCUT2D eigenvalue weighted by Crippen LogP contribution is -2.16. The van der Waals surface area contributed by atoms with Gasteiger partial charge in [-0.15, -0.1) is 0 Å². The number of hydrogen-bond acceptors (Lipinski definition) is 2. The number of pyridine rings is 1. The van der Waals surface area contributed by atoms with Crippen LogP contribution in [0.1, 0.15) is 30.0 Å². The van der Waals surface area contributed by atoms with Gasteiger partial charge in [0.1, 0.15) is 0 Å². The average molecular weight is 289 g/mol. The number of benzene rings is 1. The van der Waals surface area contributed by atoms with E-state index in [1.807, 2.05) is 13.0 Å². The Labute approximate surface area is 126 Å². The first-order chi connectivity index (χ1) is 9.54. The Hall–Kier alpha value is -1.54. The van der Waals surface area contributed by atoms with Crippen LogP contribution in [0.25, 0.3) is 0 Å². The van der Waals surface area contributed by atoms with E-state index in [0.717, 1.165) is 24.1 Å². The monoisotopic (exact) mass is 288 g/mol. The third-order valence-corrected chi connectivity index (χ3v) is 3.63. The van der Waals surface area contributed by atoms with Crippen molar-refractivity contribution in [3.8, 4) is 0 Å². The molecule has 0 saturated carbocycles. The van der Waals surface area contributed by atoms with E-state index in [2.05, 4.69) is 48.4 Å². The van der Waals surface area contributed by atoms with E-state index in [9.17, 15) is 0 Å². The fourth-order valence-corrected chi connectivity index (χ4v) is 2.40. The Morgan fingerprint density at radius 1 is 1.20 bits per heavy atom. The molecule has 1 aromatic heterocycles. The lowest BCUT2D eigenvalue weighted by molar-refractivity contribution is 0.705. The first kappa shape index (κ1) is 14.9. The van der Waals surface area contributed by atoms with E-state index in [1.165, 1.54) is 11.1 Å². The van der Waals surface area contributed by atoms with E-state index in [1.54, 1.807) is 6.20 Å². The lowest BCUT2D eigenvalue weighted by Gasteiger charge is -2.16. The minimum Gasteiger partial charge on any atom is -0.380 e. The molecule has 0 aliphatic rings. The normalized spacial score (nSPS) is 12.2. The zero-order valence-electron chi connectivity index (χ0n) is 12.3. The van der Waals surface area contributed by atoms with Gasteiger partial charge >= 0.3 is 0 Å². The van der Waals surface area contributed by atoms with Crippen LogP contribution in [-0.2, 0) is 6.42 Å². The Morgan fingerprint density at radius 2 is 2.00 bits per heavy atom. The highest BCUT2D eigenvalue weighted by atomic mass is 35.5. The van der Waals surface area contributed by atoms with Crippen LogP contribution >= 0.6 is 11.6 Å². The maximum atomic E-state index is 6.10. The van der Waals surface area contributed by atoms with Crippen molar-refractivity contribution < 1.29 is 0 Å². The van der Waals surface area contributed by atoms with Crippen LogP contribution in [0.4, 0.5) is 5.69 Å². The SMILES string of the molecule is Cc1cccc(CCC(C)Nc2cc(C)cnc2Cl)c1. The summed E-state index contributed by atoms with van der Waals surface area (Å²) in [6.45, 7) is 6.32. The molecule has 0 aliphatic carbocycles. The average Bonchev–Trinajstić information content (AvgIpc) is 2.41. The molecule has 3 heteroatoms. The summed E-state index contributed by atoms with van der Waals surface area (Å²) in [5.41, 5.74) is 4.73. The molecule has 0 fully saturated rings. The Kier molecular flexibility index (Phi) is 5.02.